The minimum atomic E-state index is 0.462. The van der Waals surface area contributed by atoms with Gasteiger partial charge in [0.25, 0.3) is 0 Å². The van der Waals surface area contributed by atoms with Crippen LogP contribution in [0.1, 0.15) is 44.5 Å². The lowest BCUT2D eigenvalue weighted by molar-refractivity contribution is 0.180. The molecule has 18 heavy (non-hydrogen) atoms. The SMILES string of the molecule is CCNc1nc(C)nc(NCC2(C)CCC2)c1C. The van der Waals surface area contributed by atoms with Gasteiger partial charge in [0.05, 0.1) is 0 Å². The molecule has 0 amide bonds. The summed E-state index contributed by atoms with van der Waals surface area (Å²) in [5.74, 6) is 2.75. The number of aromatic nitrogens is 2. The summed E-state index contributed by atoms with van der Waals surface area (Å²) in [7, 11) is 0. The van der Waals surface area contributed by atoms with Gasteiger partial charge in [0, 0.05) is 18.7 Å². The van der Waals surface area contributed by atoms with Gasteiger partial charge in [-0.05, 0) is 39.0 Å². The number of rotatable bonds is 5. The van der Waals surface area contributed by atoms with E-state index in [2.05, 4.69) is 41.4 Å². The number of nitrogens with zero attached hydrogens (tertiary/aromatic N) is 2. The van der Waals surface area contributed by atoms with Crippen molar-refractivity contribution in [2.75, 3.05) is 23.7 Å². The molecule has 1 aliphatic rings. The van der Waals surface area contributed by atoms with Crippen molar-refractivity contribution in [2.45, 2.75) is 47.0 Å². The molecule has 2 N–H and O–H groups in total. The van der Waals surface area contributed by atoms with Gasteiger partial charge in [-0.3, -0.25) is 0 Å². The average molecular weight is 248 g/mol. The molecule has 0 radical (unpaired) electrons. The van der Waals surface area contributed by atoms with Crippen LogP contribution in [0.3, 0.4) is 0 Å². The molecule has 4 heteroatoms. The molecule has 0 atom stereocenters. The zero-order valence-corrected chi connectivity index (χ0v) is 11.9. The zero-order valence-electron chi connectivity index (χ0n) is 11.9. The van der Waals surface area contributed by atoms with Gasteiger partial charge in [-0.25, -0.2) is 9.97 Å². The molecule has 2 rings (SSSR count). The largest absolute Gasteiger partial charge is 0.370 e. The van der Waals surface area contributed by atoms with Crippen molar-refractivity contribution in [1.82, 2.24) is 9.97 Å². The quantitative estimate of drug-likeness (QED) is 0.840. The lowest BCUT2D eigenvalue weighted by Gasteiger charge is -2.38. The minimum Gasteiger partial charge on any atom is -0.370 e. The number of anilines is 2. The minimum absolute atomic E-state index is 0.462. The molecule has 100 valence electrons. The second-order valence-electron chi connectivity index (χ2n) is 5.64. The van der Waals surface area contributed by atoms with Crippen molar-refractivity contribution in [3.05, 3.63) is 11.4 Å². The molecule has 1 aromatic heterocycles. The normalized spacial score (nSPS) is 17.1. The van der Waals surface area contributed by atoms with E-state index in [9.17, 15) is 0 Å². The smallest absolute Gasteiger partial charge is 0.134 e. The molecule has 0 spiro atoms. The molecule has 1 fully saturated rings. The Kier molecular flexibility index (Phi) is 3.73. The Labute approximate surface area is 110 Å². The lowest BCUT2D eigenvalue weighted by atomic mass is 9.70. The number of hydrogen-bond acceptors (Lipinski definition) is 4. The first-order chi connectivity index (χ1) is 8.54. The molecule has 1 saturated carbocycles. The molecular weight excluding hydrogens is 224 g/mol. The topological polar surface area (TPSA) is 49.8 Å². The van der Waals surface area contributed by atoms with Crippen LogP contribution in [0.25, 0.3) is 0 Å². The van der Waals surface area contributed by atoms with E-state index < -0.39 is 0 Å². The second kappa shape index (κ2) is 5.12. The van der Waals surface area contributed by atoms with Crippen molar-refractivity contribution in [3.63, 3.8) is 0 Å². The molecular formula is C14H24N4. The van der Waals surface area contributed by atoms with Crippen molar-refractivity contribution in [1.29, 1.82) is 0 Å². The third-order valence-electron chi connectivity index (χ3n) is 3.85. The van der Waals surface area contributed by atoms with Gasteiger partial charge in [0.2, 0.25) is 0 Å². The Hall–Kier alpha value is -1.32. The third-order valence-corrected chi connectivity index (χ3v) is 3.85. The van der Waals surface area contributed by atoms with Gasteiger partial charge in [-0.1, -0.05) is 13.3 Å². The van der Waals surface area contributed by atoms with Crippen LogP contribution in [0.2, 0.25) is 0 Å². The Morgan fingerprint density at radius 1 is 1.11 bits per heavy atom. The molecule has 4 nitrogen and oxygen atoms in total. The summed E-state index contributed by atoms with van der Waals surface area (Å²) < 4.78 is 0. The van der Waals surface area contributed by atoms with Crippen LogP contribution in [0.15, 0.2) is 0 Å². The maximum Gasteiger partial charge on any atom is 0.134 e. The van der Waals surface area contributed by atoms with E-state index in [0.29, 0.717) is 5.41 Å². The van der Waals surface area contributed by atoms with E-state index in [1.165, 1.54) is 19.3 Å². The maximum atomic E-state index is 4.51. The van der Waals surface area contributed by atoms with Crippen LogP contribution in [0.4, 0.5) is 11.6 Å². The fourth-order valence-electron chi connectivity index (χ4n) is 2.39. The summed E-state index contributed by atoms with van der Waals surface area (Å²) in [5.41, 5.74) is 1.58. The maximum absolute atomic E-state index is 4.51. The van der Waals surface area contributed by atoms with Gasteiger partial charge >= 0.3 is 0 Å². The molecule has 0 aliphatic heterocycles. The summed E-state index contributed by atoms with van der Waals surface area (Å²) in [6.07, 6.45) is 4.01. The van der Waals surface area contributed by atoms with Gasteiger partial charge in [0.15, 0.2) is 0 Å². The van der Waals surface area contributed by atoms with E-state index in [1.807, 2.05) is 6.92 Å². The molecule has 0 aromatic carbocycles. The summed E-state index contributed by atoms with van der Waals surface area (Å²) in [5, 5.41) is 6.79. The van der Waals surface area contributed by atoms with Crippen molar-refractivity contribution < 1.29 is 0 Å². The van der Waals surface area contributed by atoms with E-state index in [0.717, 1.165) is 36.1 Å². The van der Waals surface area contributed by atoms with E-state index >= 15 is 0 Å². The highest BCUT2D eigenvalue weighted by atomic mass is 15.1. The first-order valence-electron chi connectivity index (χ1n) is 6.87. The first-order valence-corrected chi connectivity index (χ1v) is 6.87. The lowest BCUT2D eigenvalue weighted by Crippen LogP contribution is -2.33. The Balaban J connectivity index is 2.11. The molecule has 0 bridgehead atoms. The zero-order chi connectivity index (χ0) is 13.2. The number of nitrogens with one attached hydrogen (secondary N) is 2. The standard InChI is InChI=1S/C14H24N4/c1-5-15-12-10(2)13(18-11(3)17-12)16-9-14(4)7-6-8-14/h5-9H2,1-4H3,(H2,15,16,17,18). The fraction of sp³-hybridized carbons (Fsp3) is 0.714. The van der Waals surface area contributed by atoms with Crippen LogP contribution in [-0.2, 0) is 0 Å². The van der Waals surface area contributed by atoms with E-state index in [-0.39, 0.29) is 0 Å². The Morgan fingerprint density at radius 2 is 1.72 bits per heavy atom. The van der Waals surface area contributed by atoms with Crippen LogP contribution < -0.4 is 10.6 Å². The highest BCUT2D eigenvalue weighted by molar-refractivity contribution is 5.57. The third kappa shape index (κ3) is 2.74. The highest BCUT2D eigenvalue weighted by Crippen LogP contribution is 2.40. The fourth-order valence-corrected chi connectivity index (χ4v) is 2.39. The summed E-state index contributed by atoms with van der Waals surface area (Å²) in [4.78, 5) is 8.95. The highest BCUT2D eigenvalue weighted by Gasteiger charge is 2.31. The molecule has 1 aliphatic carbocycles. The second-order valence-corrected chi connectivity index (χ2v) is 5.64. The Bertz CT molecular complexity index is 424. The molecule has 0 unspecified atom stereocenters. The predicted octanol–water partition coefficient (Wildman–Crippen LogP) is 3.13. The van der Waals surface area contributed by atoms with Gasteiger partial charge in [0.1, 0.15) is 17.5 Å². The van der Waals surface area contributed by atoms with Crippen LogP contribution in [-0.4, -0.2) is 23.1 Å². The van der Waals surface area contributed by atoms with Crippen LogP contribution >= 0.6 is 0 Å². The van der Waals surface area contributed by atoms with Crippen molar-refractivity contribution in [3.8, 4) is 0 Å². The Morgan fingerprint density at radius 3 is 2.22 bits per heavy atom. The van der Waals surface area contributed by atoms with E-state index in [1.54, 1.807) is 0 Å². The molecule has 1 aromatic rings. The van der Waals surface area contributed by atoms with Crippen LogP contribution in [0.5, 0.6) is 0 Å². The monoisotopic (exact) mass is 248 g/mol. The van der Waals surface area contributed by atoms with Crippen molar-refractivity contribution >= 4 is 11.6 Å². The summed E-state index contributed by atoms with van der Waals surface area (Å²) in [6, 6.07) is 0. The van der Waals surface area contributed by atoms with E-state index in [4.69, 9.17) is 0 Å². The number of hydrogen-bond donors (Lipinski definition) is 2. The molecule has 0 saturated heterocycles. The first kappa shape index (κ1) is 13.1. The predicted molar refractivity (Wildman–Crippen MR) is 76.1 cm³/mol. The van der Waals surface area contributed by atoms with Gasteiger partial charge in [-0.2, -0.15) is 0 Å². The van der Waals surface area contributed by atoms with Crippen LogP contribution in [0, 0.1) is 19.3 Å². The average Bonchev–Trinajstić information content (AvgIpc) is 2.29. The van der Waals surface area contributed by atoms with Gasteiger partial charge in [-0.15, -0.1) is 0 Å². The van der Waals surface area contributed by atoms with Crippen molar-refractivity contribution in [2.24, 2.45) is 5.41 Å². The summed E-state index contributed by atoms with van der Waals surface area (Å²) >= 11 is 0. The summed E-state index contributed by atoms with van der Waals surface area (Å²) in [6.45, 7) is 10.3. The molecule has 1 heterocycles. The number of aryl methyl sites for hydroxylation is 1. The van der Waals surface area contributed by atoms with Gasteiger partial charge < -0.3 is 10.6 Å².